The summed E-state index contributed by atoms with van der Waals surface area (Å²) in [6.45, 7) is 0.740. The first-order chi connectivity index (χ1) is 10.1. The van der Waals surface area contributed by atoms with Gasteiger partial charge in [0.15, 0.2) is 12.4 Å². The van der Waals surface area contributed by atoms with Crippen LogP contribution in [0.2, 0.25) is 5.02 Å². The Labute approximate surface area is 127 Å². The highest BCUT2D eigenvalue weighted by Crippen LogP contribution is 2.34. The second-order valence-corrected chi connectivity index (χ2v) is 5.67. The van der Waals surface area contributed by atoms with Gasteiger partial charge < -0.3 is 14.8 Å². The summed E-state index contributed by atoms with van der Waals surface area (Å²) in [5.41, 5.74) is 0.941. The van der Waals surface area contributed by atoms with Gasteiger partial charge in [-0.15, -0.1) is 0 Å². The number of Topliss-reactive ketones (excluding diaryl/α,β-unsaturated/α-hetero) is 1. The van der Waals surface area contributed by atoms with Crippen LogP contribution in [0.15, 0.2) is 12.1 Å². The van der Waals surface area contributed by atoms with E-state index in [9.17, 15) is 9.59 Å². The lowest BCUT2D eigenvalue weighted by molar-refractivity contribution is -0.118. The molecule has 5 nitrogen and oxygen atoms in total. The Morgan fingerprint density at radius 2 is 2.29 bits per heavy atom. The molecule has 1 N–H and O–H groups in total. The van der Waals surface area contributed by atoms with E-state index in [1.807, 2.05) is 0 Å². The molecule has 112 valence electrons. The van der Waals surface area contributed by atoms with E-state index in [1.165, 1.54) is 0 Å². The van der Waals surface area contributed by atoms with E-state index in [0.29, 0.717) is 34.9 Å². The van der Waals surface area contributed by atoms with Gasteiger partial charge in [0.25, 0.3) is 5.91 Å². The average Bonchev–Trinajstić information content (AvgIpc) is 2.97. The highest BCUT2D eigenvalue weighted by Gasteiger charge is 2.22. The Morgan fingerprint density at radius 1 is 1.43 bits per heavy atom. The molecule has 0 spiro atoms. The second kappa shape index (κ2) is 6.03. The van der Waals surface area contributed by atoms with Gasteiger partial charge >= 0.3 is 0 Å². The van der Waals surface area contributed by atoms with Gasteiger partial charge in [-0.2, -0.15) is 0 Å². The lowest BCUT2D eigenvalue weighted by Gasteiger charge is -2.19. The molecule has 1 aromatic carbocycles. The molecule has 0 aliphatic carbocycles. The standard InChI is InChI=1S/C15H16ClNO4/c16-11-7-12-14(21-8-15(19)17-12)6-10(11)13(18)4-3-9-2-1-5-20-9/h6-7,9H,1-5,8H2,(H,17,19). The van der Waals surface area contributed by atoms with Gasteiger partial charge in [0.2, 0.25) is 0 Å². The Hall–Kier alpha value is -1.59. The number of hydrogen-bond donors (Lipinski definition) is 1. The van der Waals surface area contributed by atoms with Crippen molar-refractivity contribution in [1.29, 1.82) is 0 Å². The Kier molecular flexibility index (Phi) is 4.12. The van der Waals surface area contributed by atoms with E-state index in [0.717, 1.165) is 19.4 Å². The second-order valence-electron chi connectivity index (χ2n) is 5.26. The van der Waals surface area contributed by atoms with Crippen molar-refractivity contribution in [2.24, 2.45) is 0 Å². The van der Waals surface area contributed by atoms with Gasteiger partial charge in [-0.25, -0.2) is 0 Å². The molecule has 1 fully saturated rings. The van der Waals surface area contributed by atoms with Crippen molar-refractivity contribution in [3.05, 3.63) is 22.7 Å². The minimum Gasteiger partial charge on any atom is -0.482 e. The fraction of sp³-hybridized carbons (Fsp3) is 0.467. The van der Waals surface area contributed by atoms with Crippen LogP contribution in [0.3, 0.4) is 0 Å². The first-order valence-corrected chi connectivity index (χ1v) is 7.42. The zero-order valence-electron chi connectivity index (χ0n) is 11.5. The molecule has 0 bridgehead atoms. The van der Waals surface area contributed by atoms with Crippen molar-refractivity contribution in [3.63, 3.8) is 0 Å². The van der Waals surface area contributed by atoms with E-state index in [2.05, 4.69) is 5.32 Å². The van der Waals surface area contributed by atoms with E-state index in [1.54, 1.807) is 12.1 Å². The summed E-state index contributed by atoms with van der Waals surface area (Å²) >= 11 is 6.14. The summed E-state index contributed by atoms with van der Waals surface area (Å²) in [6, 6.07) is 3.17. The van der Waals surface area contributed by atoms with Gasteiger partial charge in [0.1, 0.15) is 5.75 Å². The largest absolute Gasteiger partial charge is 0.482 e. The molecule has 1 unspecified atom stereocenters. The predicted molar refractivity (Wildman–Crippen MR) is 78.1 cm³/mol. The molecule has 2 aliphatic rings. The normalized spacial score (nSPS) is 20.6. The summed E-state index contributed by atoms with van der Waals surface area (Å²) in [4.78, 5) is 23.5. The van der Waals surface area contributed by atoms with Crippen LogP contribution >= 0.6 is 11.6 Å². The fourth-order valence-electron chi connectivity index (χ4n) is 2.61. The van der Waals surface area contributed by atoms with Crippen LogP contribution in [-0.2, 0) is 9.53 Å². The van der Waals surface area contributed by atoms with Crippen molar-refractivity contribution < 1.29 is 19.1 Å². The third kappa shape index (κ3) is 3.19. The van der Waals surface area contributed by atoms with Crippen molar-refractivity contribution >= 4 is 29.0 Å². The van der Waals surface area contributed by atoms with Crippen molar-refractivity contribution in [1.82, 2.24) is 0 Å². The molecule has 0 radical (unpaired) electrons. The summed E-state index contributed by atoms with van der Waals surface area (Å²) in [5, 5.41) is 2.99. The number of carbonyl (C=O) groups excluding carboxylic acids is 2. The van der Waals surface area contributed by atoms with Crippen molar-refractivity contribution in [3.8, 4) is 5.75 Å². The molecule has 1 amide bonds. The Balaban J connectivity index is 1.72. The monoisotopic (exact) mass is 309 g/mol. The summed E-state index contributed by atoms with van der Waals surface area (Å²) in [6.07, 6.45) is 3.37. The number of anilines is 1. The molecular formula is C15H16ClNO4. The minimum absolute atomic E-state index is 0.0289. The van der Waals surface area contributed by atoms with Crippen LogP contribution < -0.4 is 10.1 Å². The molecule has 1 atom stereocenters. The van der Waals surface area contributed by atoms with Gasteiger partial charge in [-0.1, -0.05) is 11.6 Å². The number of halogens is 1. The number of carbonyl (C=O) groups is 2. The first-order valence-electron chi connectivity index (χ1n) is 7.04. The zero-order chi connectivity index (χ0) is 14.8. The zero-order valence-corrected chi connectivity index (χ0v) is 12.2. The minimum atomic E-state index is -0.226. The molecule has 0 aromatic heterocycles. The molecular weight excluding hydrogens is 294 g/mol. The Morgan fingerprint density at radius 3 is 3.05 bits per heavy atom. The number of ketones is 1. The van der Waals surface area contributed by atoms with Gasteiger partial charge in [-0.3, -0.25) is 9.59 Å². The van der Waals surface area contributed by atoms with Crippen LogP contribution in [0.25, 0.3) is 0 Å². The number of rotatable bonds is 4. The molecule has 3 rings (SSSR count). The van der Waals surface area contributed by atoms with Crippen LogP contribution in [0.4, 0.5) is 5.69 Å². The van der Waals surface area contributed by atoms with E-state index >= 15 is 0 Å². The summed E-state index contributed by atoms with van der Waals surface area (Å²) < 4.78 is 10.8. The molecule has 1 saturated heterocycles. The van der Waals surface area contributed by atoms with Crippen LogP contribution in [0.1, 0.15) is 36.0 Å². The summed E-state index contributed by atoms with van der Waals surface area (Å²) in [5.74, 6) is 0.231. The van der Waals surface area contributed by atoms with E-state index < -0.39 is 0 Å². The summed E-state index contributed by atoms with van der Waals surface area (Å²) in [7, 11) is 0. The third-order valence-electron chi connectivity index (χ3n) is 3.72. The number of hydrogen-bond acceptors (Lipinski definition) is 4. The highest BCUT2D eigenvalue weighted by atomic mass is 35.5. The van der Waals surface area contributed by atoms with Gasteiger partial charge in [-0.05, 0) is 31.4 Å². The molecule has 1 aromatic rings. The van der Waals surface area contributed by atoms with Crippen LogP contribution in [0.5, 0.6) is 5.75 Å². The number of benzene rings is 1. The van der Waals surface area contributed by atoms with Gasteiger partial charge in [0.05, 0.1) is 16.8 Å². The maximum atomic E-state index is 12.3. The topological polar surface area (TPSA) is 64.6 Å². The molecule has 6 heteroatoms. The first kappa shape index (κ1) is 14.4. The number of nitrogens with one attached hydrogen (secondary N) is 1. The Bertz CT molecular complexity index is 581. The SMILES string of the molecule is O=C1COc2cc(C(=O)CCC3CCCO3)c(Cl)cc2N1. The highest BCUT2D eigenvalue weighted by molar-refractivity contribution is 6.34. The van der Waals surface area contributed by atoms with E-state index in [4.69, 9.17) is 21.1 Å². The van der Waals surface area contributed by atoms with Crippen LogP contribution in [-0.4, -0.2) is 31.0 Å². The molecule has 2 heterocycles. The van der Waals surface area contributed by atoms with Crippen molar-refractivity contribution in [2.75, 3.05) is 18.5 Å². The van der Waals surface area contributed by atoms with Gasteiger partial charge in [0, 0.05) is 18.6 Å². The van der Waals surface area contributed by atoms with E-state index in [-0.39, 0.29) is 24.4 Å². The maximum Gasteiger partial charge on any atom is 0.262 e. The quantitative estimate of drug-likeness (QED) is 0.869. The predicted octanol–water partition coefficient (Wildman–Crippen LogP) is 2.81. The molecule has 0 saturated carbocycles. The average molecular weight is 310 g/mol. The number of amides is 1. The fourth-order valence-corrected chi connectivity index (χ4v) is 2.88. The smallest absolute Gasteiger partial charge is 0.262 e. The lowest BCUT2D eigenvalue weighted by atomic mass is 10.0. The van der Waals surface area contributed by atoms with Crippen molar-refractivity contribution in [2.45, 2.75) is 31.8 Å². The number of ether oxygens (including phenoxy) is 2. The molecule has 21 heavy (non-hydrogen) atoms. The number of fused-ring (bicyclic) bond motifs is 1. The molecule has 2 aliphatic heterocycles. The maximum absolute atomic E-state index is 12.3. The third-order valence-corrected chi connectivity index (χ3v) is 4.03. The van der Waals surface area contributed by atoms with Crippen LogP contribution in [0, 0.1) is 0 Å². The lowest BCUT2D eigenvalue weighted by Crippen LogP contribution is -2.25.